The number of aromatic nitrogens is 4. The molecule has 0 saturated carbocycles. The van der Waals surface area contributed by atoms with E-state index in [1.165, 1.54) is 6.20 Å². The van der Waals surface area contributed by atoms with Crippen molar-refractivity contribution in [1.29, 1.82) is 0 Å². The average molecular weight is 655 g/mol. The Balaban J connectivity index is -0.000000431. The number of halogens is 3. The molecule has 0 radical (unpaired) electrons. The van der Waals surface area contributed by atoms with Crippen LogP contribution in [-0.2, 0) is 9.68 Å². The first-order chi connectivity index (χ1) is 15.0. The third kappa shape index (κ3) is 13.6. The Kier molecular flexibility index (Phi) is 22.9. The van der Waals surface area contributed by atoms with E-state index >= 15 is 0 Å². The van der Waals surface area contributed by atoms with Gasteiger partial charge in [0, 0.05) is 16.1 Å². The third-order valence-corrected chi connectivity index (χ3v) is 4.37. The van der Waals surface area contributed by atoms with Crippen molar-refractivity contribution in [1.82, 2.24) is 19.9 Å². The maximum absolute atomic E-state index is 8.64. The van der Waals surface area contributed by atoms with Crippen LogP contribution < -0.4 is 113 Å². The summed E-state index contributed by atoms with van der Waals surface area (Å²) in [7, 11) is 2.58. The van der Waals surface area contributed by atoms with E-state index in [0.717, 1.165) is 38.1 Å². The topological polar surface area (TPSA) is 130 Å². The van der Waals surface area contributed by atoms with Crippen LogP contribution in [0.5, 0.6) is 5.88 Å². The number of carbonyl (C=O) groups excluding carboxylic acids is 1. The molecule has 4 rings (SSSR count). The summed E-state index contributed by atoms with van der Waals surface area (Å²) in [4.78, 5) is 27.9. The molecule has 2 aromatic carbocycles. The van der Waals surface area contributed by atoms with Crippen molar-refractivity contribution in [2.45, 2.75) is 0 Å². The van der Waals surface area contributed by atoms with Gasteiger partial charge >= 0.3 is 103 Å². The number of fused-ring (bicyclic) bond motifs is 2. The standard InChI is InChI=1S/C9H7BrN2O.C8H4BrClN2.CH2O3.CH4O.2K.H/c1-13-9-5-11-7-3-2-6(10)4-8(7)12-9;9-5-1-2-6-7(3-5)12-8(10)4-11-6;2-1-4-3;1-2;;;/h2-5H,1H3;1-4H;1,3H;2H,1H3;;;/q;;;;2*+1;-1/p-1. The van der Waals surface area contributed by atoms with E-state index in [1.54, 1.807) is 13.3 Å². The molecule has 0 fully saturated rings. The Morgan fingerprint density at radius 1 is 0.939 bits per heavy atom. The minimum absolute atomic E-state index is 0. The first-order valence-electron chi connectivity index (χ1n) is 8.18. The average Bonchev–Trinajstić information content (AvgIpc) is 2.80. The van der Waals surface area contributed by atoms with E-state index in [1.807, 2.05) is 36.4 Å². The number of aliphatic hydroxyl groups excluding tert-OH is 1. The smallest absolute Gasteiger partial charge is 1.00 e. The van der Waals surface area contributed by atoms with E-state index in [0.29, 0.717) is 11.0 Å². The van der Waals surface area contributed by atoms with Gasteiger partial charge in [0.05, 0.1) is 41.6 Å². The SMILES string of the molecule is CO.COc1cnc2ccc(Br)cc2n1.Clc1cnc2ccc(Br)cc2n1.O=CO[O-].[H-].[K+].[K+]. The molecular formula is C19H17Br2ClK2N4O5. The van der Waals surface area contributed by atoms with Crippen molar-refractivity contribution in [3.8, 4) is 5.88 Å². The molecular weight excluding hydrogens is 638 g/mol. The van der Waals surface area contributed by atoms with Gasteiger partial charge in [-0.2, -0.15) is 0 Å². The Hall–Kier alpha value is 0.833. The summed E-state index contributed by atoms with van der Waals surface area (Å²) in [5.74, 6) is 0.533. The molecule has 9 nitrogen and oxygen atoms in total. The Labute approximate surface area is 298 Å². The van der Waals surface area contributed by atoms with Gasteiger partial charge in [0.15, 0.2) is 0 Å². The molecule has 0 spiro atoms. The first kappa shape index (κ1) is 36.0. The van der Waals surface area contributed by atoms with Gasteiger partial charge in [-0.05, 0) is 36.4 Å². The fraction of sp³-hybridized carbons (Fsp3) is 0.105. The predicted octanol–water partition coefficient (Wildman–Crippen LogP) is -2.39. The number of benzene rings is 2. The van der Waals surface area contributed by atoms with Crippen LogP contribution in [-0.4, -0.2) is 45.7 Å². The number of hydrogen-bond acceptors (Lipinski definition) is 9. The number of hydrogen-bond donors (Lipinski definition) is 1. The number of rotatable bonds is 2. The van der Waals surface area contributed by atoms with Crippen molar-refractivity contribution >= 4 is 72.0 Å². The number of carbonyl (C=O) groups is 1. The fourth-order valence-electron chi connectivity index (χ4n) is 2.03. The third-order valence-electron chi connectivity index (χ3n) is 3.21. The fourth-order valence-corrected chi connectivity index (χ4v) is 2.87. The van der Waals surface area contributed by atoms with Gasteiger partial charge in [-0.1, -0.05) is 43.5 Å². The number of nitrogens with zero attached hydrogens (tertiary/aromatic N) is 4. The van der Waals surface area contributed by atoms with Gasteiger partial charge in [-0.15, -0.1) is 0 Å². The number of aliphatic hydroxyl groups is 1. The Morgan fingerprint density at radius 3 is 1.85 bits per heavy atom. The molecule has 33 heavy (non-hydrogen) atoms. The maximum atomic E-state index is 8.64. The molecule has 2 heterocycles. The van der Waals surface area contributed by atoms with E-state index in [-0.39, 0.29) is 111 Å². The molecule has 0 amide bonds. The summed E-state index contributed by atoms with van der Waals surface area (Å²) >= 11 is 12.4. The molecule has 0 aliphatic heterocycles. The minimum Gasteiger partial charge on any atom is -1.00 e. The molecule has 0 atom stereocenters. The summed E-state index contributed by atoms with van der Waals surface area (Å²) in [6.45, 7) is -0.181. The molecule has 166 valence electrons. The van der Waals surface area contributed by atoms with E-state index < -0.39 is 0 Å². The zero-order valence-electron chi connectivity index (χ0n) is 19.2. The molecule has 2 aromatic heterocycles. The van der Waals surface area contributed by atoms with Gasteiger partial charge in [0.2, 0.25) is 5.88 Å². The van der Waals surface area contributed by atoms with E-state index in [9.17, 15) is 0 Å². The molecule has 0 saturated heterocycles. The maximum Gasteiger partial charge on any atom is 1.00 e. The normalized spacial score (nSPS) is 8.70. The van der Waals surface area contributed by atoms with Gasteiger partial charge in [0.1, 0.15) is 5.15 Å². The first-order valence-corrected chi connectivity index (χ1v) is 10.1. The van der Waals surface area contributed by atoms with Crippen LogP contribution in [0.25, 0.3) is 22.1 Å². The van der Waals surface area contributed by atoms with E-state index in [4.69, 9.17) is 31.5 Å². The minimum atomic E-state index is -0.181. The van der Waals surface area contributed by atoms with Crippen LogP contribution >= 0.6 is 43.5 Å². The zero-order chi connectivity index (χ0) is 23.2. The summed E-state index contributed by atoms with van der Waals surface area (Å²) < 4.78 is 6.94. The van der Waals surface area contributed by atoms with Gasteiger partial charge in [-0.25, -0.2) is 15.0 Å². The molecule has 0 aliphatic rings. The van der Waals surface area contributed by atoms with Crippen molar-refractivity contribution in [3.05, 3.63) is 62.9 Å². The van der Waals surface area contributed by atoms with Gasteiger partial charge in [0.25, 0.3) is 6.47 Å². The molecule has 0 aliphatic carbocycles. The van der Waals surface area contributed by atoms with Crippen LogP contribution in [0.2, 0.25) is 5.15 Å². The van der Waals surface area contributed by atoms with Gasteiger partial charge < -0.3 is 21.4 Å². The second-order valence-corrected chi connectivity index (χ2v) is 7.28. The summed E-state index contributed by atoms with van der Waals surface area (Å²) in [5.41, 5.74) is 3.34. The molecule has 14 heteroatoms. The molecule has 4 aromatic rings. The largest absolute Gasteiger partial charge is 1.00 e. The zero-order valence-corrected chi connectivity index (χ0v) is 28.4. The quantitative estimate of drug-likeness (QED) is 0.109. The van der Waals surface area contributed by atoms with Crippen LogP contribution in [0.1, 0.15) is 1.43 Å². The van der Waals surface area contributed by atoms with Crippen LogP contribution in [0, 0.1) is 0 Å². The monoisotopic (exact) mass is 652 g/mol. The van der Waals surface area contributed by atoms with Crippen LogP contribution in [0.4, 0.5) is 0 Å². The summed E-state index contributed by atoms with van der Waals surface area (Å²) in [5, 5.41) is 15.8. The molecule has 1 N–H and O–H groups in total. The second kappa shape index (κ2) is 21.0. The summed E-state index contributed by atoms with van der Waals surface area (Å²) in [6.07, 6.45) is 3.15. The van der Waals surface area contributed by atoms with Crippen molar-refractivity contribution in [2.75, 3.05) is 14.2 Å². The van der Waals surface area contributed by atoms with Crippen molar-refractivity contribution in [2.24, 2.45) is 0 Å². The second-order valence-electron chi connectivity index (χ2n) is 5.06. The van der Waals surface area contributed by atoms with E-state index in [2.05, 4.69) is 56.7 Å². The predicted molar refractivity (Wildman–Crippen MR) is 122 cm³/mol. The summed E-state index contributed by atoms with van der Waals surface area (Å²) in [6, 6.07) is 11.4. The number of methoxy groups -OCH3 is 1. The van der Waals surface area contributed by atoms with Crippen LogP contribution in [0.3, 0.4) is 0 Å². The van der Waals surface area contributed by atoms with Crippen molar-refractivity contribution < 1.29 is 129 Å². The molecule has 0 unspecified atom stereocenters. The van der Waals surface area contributed by atoms with Crippen molar-refractivity contribution in [3.63, 3.8) is 0 Å². The van der Waals surface area contributed by atoms with Gasteiger partial charge in [-0.3, -0.25) is 9.78 Å². The Morgan fingerprint density at radius 2 is 1.39 bits per heavy atom. The van der Waals surface area contributed by atoms with Crippen LogP contribution in [0.15, 0.2) is 57.7 Å². The molecule has 0 bridgehead atoms. The Bertz CT molecular complexity index is 1100. The number of ether oxygens (including phenoxy) is 1.